The maximum absolute atomic E-state index is 11.6. The molecular weight excluding hydrogens is 248 g/mol. The normalized spacial score (nSPS) is 20.9. The molecule has 3 N–H and O–H groups in total. The number of carboxylic acid groups (broad SMARTS) is 1. The van der Waals surface area contributed by atoms with Gasteiger partial charge in [-0.3, -0.25) is 0 Å². The minimum Gasteiger partial charge on any atom is -0.480 e. The van der Waals surface area contributed by atoms with Gasteiger partial charge in [0.2, 0.25) is 0 Å². The van der Waals surface area contributed by atoms with Crippen molar-refractivity contribution in [2.24, 2.45) is 5.92 Å². The minimum absolute atomic E-state index is 0.148. The SMILES string of the molecule is CC(C)[C@H](NC(=O)NCCC1CCCCO1)C(=O)O. The van der Waals surface area contributed by atoms with Gasteiger partial charge in [0.15, 0.2) is 0 Å². The van der Waals surface area contributed by atoms with Crippen LogP contribution in [0.1, 0.15) is 39.5 Å². The van der Waals surface area contributed by atoms with E-state index >= 15 is 0 Å². The number of hydrogen-bond acceptors (Lipinski definition) is 3. The molecule has 6 nitrogen and oxygen atoms in total. The molecule has 1 aliphatic heterocycles. The van der Waals surface area contributed by atoms with Crippen LogP contribution in [0.3, 0.4) is 0 Å². The van der Waals surface area contributed by atoms with Crippen LogP contribution < -0.4 is 10.6 Å². The van der Waals surface area contributed by atoms with Crippen LogP contribution in [0, 0.1) is 5.92 Å². The number of rotatable bonds is 6. The second kappa shape index (κ2) is 7.99. The summed E-state index contributed by atoms with van der Waals surface area (Å²) in [5.74, 6) is -1.16. The number of carbonyl (C=O) groups excluding carboxylic acids is 1. The number of urea groups is 1. The van der Waals surface area contributed by atoms with E-state index in [1.54, 1.807) is 13.8 Å². The van der Waals surface area contributed by atoms with E-state index < -0.39 is 18.0 Å². The molecule has 1 unspecified atom stereocenters. The lowest BCUT2D eigenvalue weighted by Crippen LogP contribution is -2.49. The van der Waals surface area contributed by atoms with Crippen molar-refractivity contribution in [1.29, 1.82) is 0 Å². The summed E-state index contributed by atoms with van der Waals surface area (Å²) in [5.41, 5.74) is 0. The second-order valence-corrected chi connectivity index (χ2v) is 5.24. The highest BCUT2D eigenvalue weighted by Crippen LogP contribution is 2.14. The lowest BCUT2D eigenvalue weighted by Gasteiger charge is -2.23. The molecule has 110 valence electrons. The summed E-state index contributed by atoms with van der Waals surface area (Å²) in [6, 6.07) is -1.29. The van der Waals surface area contributed by atoms with E-state index in [0.29, 0.717) is 6.54 Å². The minimum atomic E-state index is -1.01. The van der Waals surface area contributed by atoms with E-state index in [9.17, 15) is 9.59 Å². The van der Waals surface area contributed by atoms with Gasteiger partial charge < -0.3 is 20.5 Å². The number of aliphatic carboxylic acids is 1. The average molecular weight is 272 g/mol. The van der Waals surface area contributed by atoms with E-state index in [0.717, 1.165) is 25.9 Å². The zero-order valence-corrected chi connectivity index (χ0v) is 11.6. The highest BCUT2D eigenvalue weighted by molar-refractivity contribution is 5.82. The summed E-state index contributed by atoms with van der Waals surface area (Å²) < 4.78 is 5.55. The molecule has 1 aliphatic rings. The summed E-state index contributed by atoms with van der Waals surface area (Å²) in [7, 11) is 0. The van der Waals surface area contributed by atoms with Crippen molar-refractivity contribution in [1.82, 2.24) is 10.6 Å². The highest BCUT2D eigenvalue weighted by Gasteiger charge is 2.23. The number of carbonyl (C=O) groups is 2. The molecule has 1 rings (SSSR count). The first-order valence-corrected chi connectivity index (χ1v) is 6.89. The first-order valence-electron chi connectivity index (χ1n) is 6.89. The molecule has 0 aromatic rings. The van der Waals surface area contributed by atoms with Crippen LogP contribution in [0.25, 0.3) is 0 Å². The van der Waals surface area contributed by atoms with Crippen LogP contribution in [-0.2, 0) is 9.53 Å². The predicted octanol–water partition coefficient (Wildman–Crippen LogP) is 1.35. The lowest BCUT2D eigenvalue weighted by molar-refractivity contribution is -0.140. The lowest BCUT2D eigenvalue weighted by atomic mass is 10.1. The van der Waals surface area contributed by atoms with Crippen molar-refractivity contribution in [2.45, 2.75) is 51.7 Å². The number of ether oxygens (including phenoxy) is 1. The summed E-state index contributed by atoms with van der Waals surface area (Å²) in [6.45, 7) is 4.82. The summed E-state index contributed by atoms with van der Waals surface area (Å²) >= 11 is 0. The molecule has 0 saturated carbocycles. The van der Waals surface area contributed by atoms with Crippen LogP contribution in [0.15, 0.2) is 0 Å². The van der Waals surface area contributed by atoms with E-state index in [1.807, 2.05) is 0 Å². The van der Waals surface area contributed by atoms with Gasteiger partial charge in [-0.15, -0.1) is 0 Å². The van der Waals surface area contributed by atoms with Gasteiger partial charge in [-0.05, 0) is 31.6 Å². The molecule has 0 spiro atoms. The molecule has 0 aliphatic carbocycles. The fourth-order valence-electron chi connectivity index (χ4n) is 2.09. The molecule has 6 heteroatoms. The molecule has 2 amide bonds. The Bertz CT molecular complexity index is 301. The summed E-state index contributed by atoms with van der Waals surface area (Å²) in [5, 5.41) is 14.1. The Morgan fingerprint density at radius 1 is 1.37 bits per heavy atom. The van der Waals surface area contributed by atoms with E-state index in [-0.39, 0.29) is 12.0 Å². The number of amides is 2. The van der Waals surface area contributed by atoms with E-state index in [2.05, 4.69) is 10.6 Å². The Labute approximate surface area is 113 Å². The third-order valence-electron chi connectivity index (χ3n) is 3.25. The molecule has 0 aromatic carbocycles. The van der Waals surface area contributed by atoms with Crippen molar-refractivity contribution >= 4 is 12.0 Å². The summed E-state index contributed by atoms with van der Waals surface area (Å²) in [4.78, 5) is 22.5. The fourth-order valence-corrected chi connectivity index (χ4v) is 2.09. The van der Waals surface area contributed by atoms with Gasteiger partial charge in [-0.25, -0.2) is 9.59 Å². The standard InChI is InChI=1S/C13H24N2O4/c1-9(2)11(12(16)17)15-13(18)14-7-6-10-5-3-4-8-19-10/h9-11H,3-8H2,1-2H3,(H,16,17)(H2,14,15,18)/t10?,11-/m0/s1. The number of carboxylic acids is 1. The number of hydrogen-bond donors (Lipinski definition) is 3. The van der Waals surface area contributed by atoms with Crippen LogP contribution in [0.2, 0.25) is 0 Å². The molecule has 0 bridgehead atoms. The van der Waals surface area contributed by atoms with Crippen LogP contribution in [0.4, 0.5) is 4.79 Å². The molecule has 1 saturated heterocycles. The van der Waals surface area contributed by atoms with Crippen molar-refractivity contribution in [3.8, 4) is 0 Å². The molecule has 1 fully saturated rings. The Balaban J connectivity index is 2.21. The predicted molar refractivity (Wildman–Crippen MR) is 71.0 cm³/mol. The van der Waals surface area contributed by atoms with Crippen LogP contribution in [-0.4, -0.2) is 42.4 Å². The zero-order chi connectivity index (χ0) is 14.3. The third kappa shape index (κ3) is 5.92. The second-order valence-electron chi connectivity index (χ2n) is 5.24. The summed E-state index contributed by atoms with van der Waals surface area (Å²) in [6.07, 6.45) is 4.30. The maximum Gasteiger partial charge on any atom is 0.326 e. The first kappa shape index (κ1) is 15.8. The molecule has 0 aromatic heterocycles. The first-order chi connectivity index (χ1) is 9.00. The quantitative estimate of drug-likeness (QED) is 0.681. The smallest absolute Gasteiger partial charge is 0.326 e. The van der Waals surface area contributed by atoms with Gasteiger partial charge in [0.05, 0.1) is 6.10 Å². The van der Waals surface area contributed by atoms with Gasteiger partial charge in [-0.2, -0.15) is 0 Å². The Hall–Kier alpha value is -1.30. The Kier molecular flexibility index (Phi) is 6.62. The van der Waals surface area contributed by atoms with Crippen molar-refractivity contribution in [2.75, 3.05) is 13.2 Å². The van der Waals surface area contributed by atoms with Gasteiger partial charge in [0, 0.05) is 13.2 Å². The molecule has 0 radical (unpaired) electrons. The van der Waals surface area contributed by atoms with Crippen LogP contribution in [0.5, 0.6) is 0 Å². The molecular formula is C13H24N2O4. The molecule has 1 heterocycles. The Morgan fingerprint density at radius 3 is 2.63 bits per heavy atom. The fraction of sp³-hybridized carbons (Fsp3) is 0.846. The Morgan fingerprint density at radius 2 is 2.11 bits per heavy atom. The van der Waals surface area contributed by atoms with Crippen molar-refractivity contribution in [3.63, 3.8) is 0 Å². The van der Waals surface area contributed by atoms with Crippen LogP contribution >= 0.6 is 0 Å². The average Bonchev–Trinajstić information content (AvgIpc) is 2.36. The number of nitrogens with one attached hydrogen (secondary N) is 2. The third-order valence-corrected chi connectivity index (χ3v) is 3.25. The van der Waals surface area contributed by atoms with Gasteiger partial charge in [0.1, 0.15) is 6.04 Å². The van der Waals surface area contributed by atoms with Crippen molar-refractivity contribution in [3.05, 3.63) is 0 Å². The van der Waals surface area contributed by atoms with Gasteiger partial charge in [0.25, 0.3) is 0 Å². The van der Waals surface area contributed by atoms with Gasteiger partial charge in [-0.1, -0.05) is 13.8 Å². The molecule has 2 atom stereocenters. The monoisotopic (exact) mass is 272 g/mol. The topological polar surface area (TPSA) is 87.7 Å². The highest BCUT2D eigenvalue weighted by atomic mass is 16.5. The van der Waals surface area contributed by atoms with E-state index in [4.69, 9.17) is 9.84 Å². The maximum atomic E-state index is 11.6. The zero-order valence-electron chi connectivity index (χ0n) is 11.6. The molecule has 19 heavy (non-hydrogen) atoms. The van der Waals surface area contributed by atoms with E-state index in [1.165, 1.54) is 6.42 Å². The largest absolute Gasteiger partial charge is 0.480 e. The van der Waals surface area contributed by atoms with Crippen molar-refractivity contribution < 1.29 is 19.4 Å². The van der Waals surface area contributed by atoms with Gasteiger partial charge >= 0.3 is 12.0 Å².